The molecule has 0 unspecified atom stereocenters. The van der Waals surface area contributed by atoms with Gasteiger partial charge in [0.25, 0.3) is 5.91 Å². The summed E-state index contributed by atoms with van der Waals surface area (Å²) in [5.74, 6) is -0.899. The predicted molar refractivity (Wildman–Crippen MR) is 106 cm³/mol. The Labute approximate surface area is 161 Å². The van der Waals surface area contributed by atoms with E-state index in [1.165, 1.54) is 18.4 Å². The average molecular weight is 393 g/mol. The third-order valence-electron chi connectivity index (χ3n) is 4.57. The van der Waals surface area contributed by atoms with Gasteiger partial charge in [-0.05, 0) is 50.7 Å². The van der Waals surface area contributed by atoms with E-state index in [0.29, 0.717) is 12.1 Å². The first-order valence-corrected chi connectivity index (χ1v) is 11.4. The van der Waals surface area contributed by atoms with Gasteiger partial charge in [0.15, 0.2) is 0 Å². The molecule has 2 amide bonds. The fourth-order valence-corrected chi connectivity index (χ4v) is 3.70. The monoisotopic (exact) mass is 392 g/mol. The highest BCUT2D eigenvalue weighted by molar-refractivity contribution is 7.90. The van der Waals surface area contributed by atoms with Crippen molar-refractivity contribution in [1.29, 1.82) is 0 Å². The smallest absolute Gasteiger partial charge is 0.251 e. The summed E-state index contributed by atoms with van der Waals surface area (Å²) in [7, 11) is -3.23. The number of carbonyl (C=O) groups excluding carboxylic acids is 2. The van der Waals surface area contributed by atoms with Crippen molar-refractivity contribution in [2.24, 2.45) is 0 Å². The predicted octanol–water partition coefficient (Wildman–Crippen LogP) is 2.23. The summed E-state index contributed by atoms with van der Waals surface area (Å²) in [6, 6.07) is 7.68. The van der Waals surface area contributed by atoms with Crippen LogP contribution in [0.3, 0.4) is 0 Å². The zero-order valence-electron chi connectivity index (χ0n) is 15.7. The number of benzene rings is 1. The molecule has 0 radical (unpaired) electrons. The number of carbonyl (C=O) groups is 2. The Morgan fingerprint density at radius 3 is 2.52 bits per heavy atom. The minimum Gasteiger partial charge on any atom is -0.354 e. The standard InChI is InChI=1S/C20H28N2O4S/c1-27(25,26)15-13-18(22-19(23)17-10-6-3-7-11-17)20(24)21-14-12-16-8-4-2-5-9-16/h3,6-8,10-11,18H,2,4-5,9,12-15H2,1H3,(H,21,24)(H,22,23)/t18-/m1/s1. The number of rotatable bonds is 9. The van der Waals surface area contributed by atoms with E-state index in [1.54, 1.807) is 30.3 Å². The van der Waals surface area contributed by atoms with Crippen LogP contribution in [-0.4, -0.2) is 44.8 Å². The molecule has 0 aromatic heterocycles. The minimum atomic E-state index is -3.23. The Morgan fingerprint density at radius 2 is 1.89 bits per heavy atom. The van der Waals surface area contributed by atoms with E-state index < -0.39 is 15.9 Å². The van der Waals surface area contributed by atoms with Gasteiger partial charge < -0.3 is 10.6 Å². The van der Waals surface area contributed by atoms with E-state index in [-0.39, 0.29) is 24.0 Å². The minimum absolute atomic E-state index is 0.0476. The second kappa shape index (κ2) is 10.3. The number of sulfone groups is 1. The molecule has 1 aromatic carbocycles. The molecule has 1 aliphatic carbocycles. The number of hydrogen-bond donors (Lipinski definition) is 2. The molecule has 0 heterocycles. The van der Waals surface area contributed by atoms with Gasteiger partial charge in [-0.25, -0.2) is 8.42 Å². The fourth-order valence-electron chi connectivity index (χ4n) is 3.03. The van der Waals surface area contributed by atoms with Crippen LogP contribution in [0.2, 0.25) is 0 Å². The van der Waals surface area contributed by atoms with Gasteiger partial charge in [0.1, 0.15) is 15.9 Å². The second-order valence-electron chi connectivity index (χ2n) is 6.96. The van der Waals surface area contributed by atoms with Gasteiger partial charge in [-0.1, -0.05) is 29.8 Å². The van der Waals surface area contributed by atoms with Crippen LogP contribution >= 0.6 is 0 Å². The first-order chi connectivity index (χ1) is 12.8. The molecule has 0 aliphatic heterocycles. The lowest BCUT2D eigenvalue weighted by Crippen LogP contribution is -2.47. The van der Waals surface area contributed by atoms with Gasteiger partial charge in [0.05, 0.1) is 5.75 Å². The SMILES string of the molecule is CS(=O)(=O)CC[C@@H](NC(=O)c1ccccc1)C(=O)NCCC1=CCCCC1. The number of nitrogens with one attached hydrogen (secondary N) is 2. The molecule has 0 bridgehead atoms. The molecule has 6 nitrogen and oxygen atoms in total. The molecule has 0 saturated carbocycles. The van der Waals surface area contributed by atoms with Crippen LogP contribution in [0.4, 0.5) is 0 Å². The van der Waals surface area contributed by atoms with E-state index in [4.69, 9.17) is 0 Å². The van der Waals surface area contributed by atoms with Crippen LogP contribution < -0.4 is 10.6 Å². The van der Waals surface area contributed by atoms with Gasteiger partial charge >= 0.3 is 0 Å². The van der Waals surface area contributed by atoms with Crippen LogP contribution in [0.15, 0.2) is 42.0 Å². The van der Waals surface area contributed by atoms with Crippen LogP contribution in [-0.2, 0) is 14.6 Å². The molecule has 1 aliphatic rings. The Hall–Kier alpha value is -2.15. The Kier molecular flexibility index (Phi) is 8.03. The fraction of sp³-hybridized carbons (Fsp3) is 0.500. The van der Waals surface area contributed by atoms with Gasteiger partial charge in [0, 0.05) is 18.4 Å². The zero-order valence-corrected chi connectivity index (χ0v) is 16.6. The van der Waals surface area contributed by atoms with Crippen LogP contribution in [0.1, 0.15) is 48.9 Å². The van der Waals surface area contributed by atoms with Crippen LogP contribution in [0.25, 0.3) is 0 Å². The van der Waals surface area contributed by atoms with Crippen LogP contribution in [0, 0.1) is 0 Å². The molecule has 1 atom stereocenters. The topological polar surface area (TPSA) is 92.3 Å². The van der Waals surface area contributed by atoms with Crippen molar-refractivity contribution in [3.05, 3.63) is 47.5 Å². The van der Waals surface area contributed by atoms with Gasteiger partial charge in [-0.15, -0.1) is 0 Å². The van der Waals surface area contributed by atoms with Crippen molar-refractivity contribution < 1.29 is 18.0 Å². The van der Waals surface area contributed by atoms with E-state index in [0.717, 1.165) is 25.5 Å². The lowest BCUT2D eigenvalue weighted by molar-refractivity contribution is -0.122. The molecule has 0 spiro atoms. The Bertz CT molecular complexity index is 772. The molecule has 1 aromatic rings. The summed E-state index contributed by atoms with van der Waals surface area (Å²) in [4.78, 5) is 24.9. The number of allylic oxidation sites excluding steroid dienone is 1. The van der Waals surface area contributed by atoms with E-state index >= 15 is 0 Å². The Morgan fingerprint density at radius 1 is 1.15 bits per heavy atom. The lowest BCUT2D eigenvalue weighted by Gasteiger charge is -2.19. The van der Waals surface area contributed by atoms with Crippen molar-refractivity contribution in [2.45, 2.75) is 44.6 Å². The van der Waals surface area contributed by atoms with Crippen molar-refractivity contribution >= 4 is 21.7 Å². The third-order valence-corrected chi connectivity index (χ3v) is 5.54. The van der Waals surface area contributed by atoms with E-state index in [1.807, 2.05) is 0 Å². The normalized spacial score (nSPS) is 15.5. The summed E-state index contributed by atoms with van der Waals surface area (Å²) < 4.78 is 23.0. The summed E-state index contributed by atoms with van der Waals surface area (Å²) >= 11 is 0. The van der Waals surface area contributed by atoms with Crippen LogP contribution in [0.5, 0.6) is 0 Å². The van der Waals surface area contributed by atoms with Crippen molar-refractivity contribution in [3.63, 3.8) is 0 Å². The Balaban J connectivity index is 1.94. The summed E-state index contributed by atoms with van der Waals surface area (Å²) in [6.45, 7) is 0.487. The van der Waals surface area contributed by atoms with Crippen molar-refractivity contribution in [1.82, 2.24) is 10.6 Å². The zero-order chi connectivity index (χ0) is 19.7. The summed E-state index contributed by atoms with van der Waals surface area (Å²) in [5.41, 5.74) is 1.78. The molecule has 148 valence electrons. The summed E-state index contributed by atoms with van der Waals surface area (Å²) in [5, 5.41) is 5.50. The van der Waals surface area contributed by atoms with Gasteiger partial charge in [-0.2, -0.15) is 0 Å². The molecule has 0 saturated heterocycles. The quantitative estimate of drug-likeness (QED) is 0.630. The largest absolute Gasteiger partial charge is 0.354 e. The highest BCUT2D eigenvalue weighted by Crippen LogP contribution is 2.19. The lowest BCUT2D eigenvalue weighted by atomic mass is 9.97. The maximum atomic E-state index is 12.5. The first kappa shape index (κ1) is 21.2. The molecule has 2 N–H and O–H groups in total. The first-order valence-electron chi connectivity index (χ1n) is 9.34. The van der Waals surface area contributed by atoms with E-state index in [9.17, 15) is 18.0 Å². The average Bonchev–Trinajstić information content (AvgIpc) is 2.65. The van der Waals surface area contributed by atoms with Gasteiger partial charge in [-0.3, -0.25) is 9.59 Å². The number of hydrogen-bond acceptors (Lipinski definition) is 4. The number of amides is 2. The molecule has 0 fully saturated rings. The molecule has 2 rings (SSSR count). The molecular formula is C20H28N2O4S. The van der Waals surface area contributed by atoms with E-state index in [2.05, 4.69) is 16.7 Å². The van der Waals surface area contributed by atoms with Crippen molar-refractivity contribution in [3.8, 4) is 0 Å². The van der Waals surface area contributed by atoms with Crippen molar-refractivity contribution in [2.75, 3.05) is 18.6 Å². The molecule has 27 heavy (non-hydrogen) atoms. The third kappa shape index (κ3) is 7.95. The second-order valence-corrected chi connectivity index (χ2v) is 9.22. The highest BCUT2D eigenvalue weighted by Gasteiger charge is 2.22. The summed E-state index contributed by atoms with van der Waals surface area (Å²) in [6.07, 6.45) is 8.75. The highest BCUT2D eigenvalue weighted by atomic mass is 32.2. The maximum Gasteiger partial charge on any atom is 0.251 e. The molecular weight excluding hydrogens is 364 g/mol. The molecule has 7 heteroatoms. The van der Waals surface area contributed by atoms with Gasteiger partial charge in [0.2, 0.25) is 5.91 Å². The maximum absolute atomic E-state index is 12.5.